The van der Waals surface area contributed by atoms with E-state index < -0.39 is 5.91 Å². The topological polar surface area (TPSA) is 75.7 Å². The van der Waals surface area contributed by atoms with Crippen molar-refractivity contribution in [3.05, 3.63) is 65.2 Å². The highest BCUT2D eigenvalue weighted by atomic mass is 16.5. The van der Waals surface area contributed by atoms with Crippen molar-refractivity contribution in [3.8, 4) is 5.75 Å². The van der Waals surface area contributed by atoms with Gasteiger partial charge in [-0.1, -0.05) is 36.4 Å². The van der Waals surface area contributed by atoms with Crippen molar-refractivity contribution in [2.24, 2.45) is 0 Å². The molecule has 0 fully saturated rings. The normalized spacial score (nSPS) is 18.6. The Hall–Kier alpha value is -3.15. The zero-order valence-electron chi connectivity index (χ0n) is 14.1. The Balaban J connectivity index is 1.48. The number of benzene rings is 2. The molecule has 3 amide bonds. The minimum Gasteiger partial charge on any atom is -0.493 e. The lowest BCUT2D eigenvalue weighted by Gasteiger charge is -2.29. The molecule has 6 nitrogen and oxygen atoms in total. The summed E-state index contributed by atoms with van der Waals surface area (Å²) < 4.78 is 5.59. The van der Waals surface area contributed by atoms with Crippen molar-refractivity contribution in [1.29, 1.82) is 0 Å². The number of nitrogens with one attached hydrogen (secondary N) is 1. The van der Waals surface area contributed by atoms with Gasteiger partial charge in [0.15, 0.2) is 0 Å². The molecule has 2 aromatic rings. The van der Waals surface area contributed by atoms with Crippen molar-refractivity contribution in [2.75, 3.05) is 13.2 Å². The van der Waals surface area contributed by atoms with Gasteiger partial charge in [-0.05, 0) is 17.7 Å². The predicted octanol–water partition coefficient (Wildman–Crippen LogP) is 1.85. The van der Waals surface area contributed by atoms with Crippen molar-refractivity contribution in [2.45, 2.75) is 18.9 Å². The van der Waals surface area contributed by atoms with Crippen LogP contribution in [0.15, 0.2) is 48.5 Å². The lowest BCUT2D eigenvalue weighted by Crippen LogP contribution is -2.48. The van der Waals surface area contributed by atoms with E-state index in [1.54, 1.807) is 24.3 Å². The van der Waals surface area contributed by atoms with Gasteiger partial charge in [-0.15, -0.1) is 0 Å². The van der Waals surface area contributed by atoms with Crippen LogP contribution in [0.25, 0.3) is 0 Å². The number of fused-ring (bicyclic) bond motifs is 2. The van der Waals surface area contributed by atoms with Gasteiger partial charge in [0, 0.05) is 17.5 Å². The van der Waals surface area contributed by atoms with Crippen LogP contribution < -0.4 is 10.1 Å². The van der Waals surface area contributed by atoms with Gasteiger partial charge in [-0.2, -0.15) is 0 Å². The van der Waals surface area contributed by atoms with Gasteiger partial charge in [0.05, 0.1) is 19.1 Å². The third-order valence-electron chi connectivity index (χ3n) is 4.73. The van der Waals surface area contributed by atoms with E-state index in [9.17, 15) is 14.4 Å². The first-order valence-corrected chi connectivity index (χ1v) is 8.57. The van der Waals surface area contributed by atoms with Crippen LogP contribution in [0.3, 0.4) is 0 Å². The second-order valence-corrected chi connectivity index (χ2v) is 6.41. The number of nitrogens with zero attached hydrogens (tertiary/aromatic N) is 1. The molecule has 0 bridgehead atoms. The van der Waals surface area contributed by atoms with E-state index in [0.29, 0.717) is 24.2 Å². The summed E-state index contributed by atoms with van der Waals surface area (Å²) in [7, 11) is 0. The van der Waals surface area contributed by atoms with Gasteiger partial charge in [-0.25, -0.2) is 0 Å². The Morgan fingerprint density at radius 3 is 2.77 bits per heavy atom. The molecule has 0 spiro atoms. The standard InChI is InChI=1S/C20H18N2O4/c23-18(21-16-9-10-26-17-8-4-3-7-15(16)17)12-22-19(24)11-13-5-1-2-6-14(13)20(22)25/h1-8,16H,9-12H2,(H,21,23)/t16-/m0/s1. The summed E-state index contributed by atoms with van der Waals surface area (Å²) in [6.45, 7) is 0.239. The SMILES string of the molecule is O=C(CN1C(=O)Cc2ccccc2C1=O)N[C@H]1CCOc2ccccc21. The van der Waals surface area contributed by atoms with Crippen molar-refractivity contribution >= 4 is 17.7 Å². The smallest absolute Gasteiger partial charge is 0.261 e. The number of amides is 3. The quantitative estimate of drug-likeness (QED) is 0.857. The van der Waals surface area contributed by atoms with Gasteiger partial charge in [0.2, 0.25) is 11.8 Å². The van der Waals surface area contributed by atoms with Gasteiger partial charge >= 0.3 is 0 Å². The van der Waals surface area contributed by atoms with Gasteiger partial charge in [-0.3, -0.25) is 19.3 Å². The molecule has 6 heteroatoms. The summed E-state index contributed by atoms with van der Waals surface area (Å²) in [6.07, 6.45) is 0.781. The van der Waals surface area contributed by atoms with Gasteiger partial charge in [0.1, 0.15) is 12.3 Å². The molecule has 2 aromatic carbocycles. The Kier molecular flexibility index (Phi) is 4.16. The molecule has 2 heterocycles. The Labute approximate surface area is 150 Å². The Morgan fingerprint density at radius 2 is 1.88 bits per heavy atom. The van der Waals surface area contributed by atoms with Crippen LogP contribution >= 0.6 is 0 Å². The molecule has 1 atom stereocenters. The molecule has 1 N–H and O–H groups in total. The van der Waals surface area contributed by atoms with Crippen LogP contribution in [-0.4, -0.2) is 35.8 Å². The molecule has 0 aromatic heterocycles. The van der Waals surface area contributed by atoms with Crippen molar-refractivity contribution in [1.82, 2.24) is 10.2 Å². The van der Waals surface area contributed by atoms with E-state index >= 15 is 0 Å². The lowest BCUT2D eigenvalue weighted by molar-refractivity contribution is -0.133. The number of hydrogen-bond donors (Lipinski definition) is 1. The average Bonchev–Trinajstić information content (AvgIpc) is 2.65. The summed E-state index contributed by atoms with van der Waals surface area (Å²) in [5, 5.41) is 2.92. The molecular weight excluding hydrogens is 332 g/mol. The molecule has 0 unspecified atom stereocenters. The maximum atomic E-state index is 12.6. The van der Waals surface area contributed by atoms with Crippen LogP contribution in [0, 0.1) is 0 Å². The van der Waals surface area contributed by atoms with Crippen LogP contribution in [0.5, 0.6) is 5.75 Å². The highest BCUT2D eigenvalue weighted by Crippen LogP contribution is 2.31. The summed E-state index contributed by atoms with van der Waals surface area (Å²) in [5.74, 6) is -0.369. The third kappa shape index (κ3) is 2.94. The molecule has 0 saturated carbocycles. The summed E-state index contributed by atoms with van der Waals surface area (Å²) in [4.78, 5) is 38.4. The fourth-order valence-corrected chi connectivity index (χ4v) is 3.44. The van der Waals surface area contributed by atoms with E-state index in [1.165, 1.54) is 0 Å². The van der Waals surface area contributed by atoms with Crippen LogP contribution in [0.4, 0.5) is 0 Å². The molecule has 4 rings (SSSR count). The zero-order chi connectivity index (χ0) is 18.1. The molecule has 26 heavy (non-hydrogen) atoms. The van der Waals surface area contributed by atoms with Crippen molar-refractivity contribution in [3.63, 3.8) is 0 Å². The molecule has 2 aliphatic rings. The molecule has 2 aliphatic heterocycles. The predicted molar refractivity (Wildman–Crippen MR) is 93.6 cm³/mol. The largest absolute Gasteiger partial charge is 0.493 e. The number of rotatable bonds is 3. The maximum absolute atomic E-state index is 12.6. The monoisotopic (exact) mass is 350 g/mol. The van der Waals surface area contributed by atoms with Crippen LogP contribution in [0.1, 0.15) is 33.9 Å². The van der Waals surface area contributed by atoms with E-state index in [1.807, 2.05) is 24.3 Å². The van der Waals surface area contributed by atoms with Crippen LogP contribution in [0.2, 0.25) is 0 Å². The third-order valence-corrected chi connectivity index (χ3v) is 4.73. The number of hydrogen-bond acceptors (Lipinski definition) is 4. The van der Waals surface area contributed by atoms with Crippen LogP contribution in [-0.2, 0) is 16.0 Å². The highest BCUT2D eigenvalue weighted by Gasteiger charge is 2.32. The van der Waals surface area contributed by atoms with Crippen molar-refractivity contribution < 1.29 is 19.1 Å². The number of para-hydroxylation sites is 1. The summed E-state index contributed by atoms with van der Waals surface area (Å²) in [5.41, 5.74) is 2.10. The number of carbonyl (C=O) groups is 3. The first-order valence-electron chi connectivity index (χ1n) is 8.57. The zero-order valence-corrected chi connectivity index (χ0v) is 14.1. The fourth-order valence-electron chi connectivity index (χ4n) is 3.44. The number of ether oxygens (including phenoxy) is 1. The van der Waals surface area contributed by atoms with Gasteiger partial charge in [0.25, 0.3) is 5.91 Å². The van der Waals surface area contributed by atoms with E-state index in [0.717, 1.165) is 16.2 Å². The number of imide groups is 1. The van der Waals surface area contributed by atoms with Gasteiger partial charge < -0.3 is 10.1 Å². The lowest BCUT2D eigenvalue weighted by atomic mass is 9.98. The molecule has 132 valence electrons. The minimum absolute atomic E-state index is 0.134. The summed E-state index contributed by atoms with van der Waals surface area (Å²) >= 11 is 0. The second kappa shape index (κ2) is 6.63. The fraction of sp³-hybridized carbons (Fsp3) is 0.250. The highest BCUT2D eigenvalue weighted by molar-refractivity contribution is 6.11. The second-order valence-electron chi connectivity index (χ2n) is 6.41. The maximum Gasteiger partial charge on any atom is 0.261 e. The Morgan fingerprint density at radius 1 is 1.12 bits per heavy atom. The Bertz CT molecular complexity index is 893. The molecule has 0 aliphatic carbocycles. The first kappa shape index (κ1) is 16.3. The van der Waals surface area contributed by atoms with E-state index in [-0.39, 0.29) is 30.8 Å². The molecule has 0 radical (unpaired) electrons. The number of carbonyl (C=O) groups excluding carboxylic acids is 3. The summed E-state index contributed by atoms with van der Waals surface area (Å²) in [6, 6.07) is 14.4. The first-order chi connectivity index (χ1) is 12.6. The van der Waals surface area contributed by atoms with E-state index in [2.05, 4.69) is 5.32 Å². The van der Waals surface area contributed by atoms with E-state index in [4.69, 9.17) is 4.74 Å². The average molecular weight is 350 g/mol. The minimum atomic E-state index is -0.417. The molecular formula is C20H18N2O4. The molecule has 0 saturated heterocycles.